The Morgan fingerprint density at radius 2 is 2.14 bits per heavy atom. The summed E-state index contributed by atoms with van der Waals surface area (Å²) in [4.78, 5) is 12.2. The summed E-state index contributed by atoms with van der Waals surface area (Å²) < 4.78 is 1.81. The van der Waals surface area contributed by atoms with Crippen molar-refractivity contribution in [1.29, 1.82) is 0 Å². The van der Waals surface area contributed by atoms with Crippen molar-refractivity contribution in [3.8, 4) is 5.69 Å². The van der Waals surface area contributed by atoms with Crippen molar-refractivity contribution < 1.29 is 9.90 Å². The molecule has 3 rings (SSSR count). The van der Waals surface area contributed by atoms with Gasteiger partial charge in [-0.2, -0.15) is 5.10 Å². The Morgan fingerprint density at radius 3 is 2.76 bits per heavy atom. The molecule has 2 aromatic heterocycles. The van der Waals surface area contributed by atoms with Crippen LogP contribution in [-0.4, -0.2) is 20.9 Å². The summed E-state index contributed by atoms with van der Waals surface area (Å²) in [6, 6.07) is 11.8. The molecule has 2 heterocycles. The zero-order valence-electron chi connectivity index (χ0n) is 11.0. The molecule has 0 bridgehead atoms. The third-order valence-electron chi connectivity index (χ3n) is 2.90. The predicted octanol–water partition coefficient (Wildman–Crippen LogP) is 3.92. The van der Waals surface area contributed by atoms with Crippen LogP contribution in [0, 0.1) is 0 Å². The van der Waals surface area contributed by atoms with E-state index < -0.39 is 5.97 Å². The molecular weight excluding hydrogens is 304 g/mol. The van der Waals surface area contributed by atoms with Gasteiger partial charge in [0.25, 0.3) is 0 Å². The highest BCUT2D eigenvalue weighted by atomic mass is 32.2. The molecule has 6 heteroatoms. The maximum Gasteiger partial charge on any atom is 0.345 e. The fourth-order valence-electron chi connectivity index (χ4n) is 1.84. The molecule has 0 aliphatic carbocycles. The van der Waals surface area contributed by atoms with Crippen LogP contribution in [0.3, 0.4) is 0 Å². The van der Waals surface area contributed by atoms with Crippen molar-refractivity contribution in [3.05, 3.63) is 64.6 Å². The standard InChI is InChI=1S/C15H12N2O2S2/c18-15(19)14-8-13(10-21-14)20-9-11-2-4-12(5-3-11)17-7-1-6-16-17/h1-8,10H,9H2,(H,18,19). The van der Waals surface area contributed by atoms with Crippen LogP contribution in [0.4, 0.5) is 0 Å². The second-order valence-electron chi connectivity index (χ2n) is 4.36. The molecule has 1 N–H and O–H groups in total. The van der Waals surface area contributed by atoms with Crippen molar-refractivity contribution in [2.24, 2.45) is 0 Å². The average Bonchev–Trinajstić information content (AvgIpc) is 3.17. The van der Waals surface area contributed by atoms with Gasteiger partial charge in [-0.3, -0.25) is 0 Å². The Kier molecular flexibility index (Phi) is 4.08. The van der Waals surface area contributed by atoms with Crippen LogP contribution in [0.15, 0.2) is 59.1 Å². The SMILES string of the molecule is O=C(O)c1cc(SCc2ccc(-n3cccn3)cc2)cs1. The number of hydrogen-bond donors (Lipinski definition) is 1. The van der Waals surface area contributed by atoms with E-state index >= 15 is 0 Å². The number of benzene rings is 1. The first-order valence-corrected chi connectivity index (χ1v) is 8.12. The Labute approximate surface area is 130 Å². The number of rotatable bonds is 5. The maximum atomic E-state index is 10.8. The molecule has 0 atom stereocenters. The number of carboxylic acids is 1. The molecule has 0 unspecified atom stereocenters. The average molecular weight is 316 g/mol. The summed E-state index contributed by atoms with van der Waals surface area (Å²) in [5.41, 5.74) is 2.22. The van der Waals surface area contributed by atoms with E-state index in [9.17, 15) is 4.79 Å². The molecule has 0 radical (unpaired) electrons. The van der Waals surface area contributed by atoms with E-state index in [4.69, 9.17) is 5.11 Å². The number of thiophene rings is 1. The third kappa shape index (κ3) is 3.34. The predicted molar refractivity (Wildman–Crippen MR) is 84.4 cm³/mol. The van der Waals surface area contributed by atoms with E-state index in [1.165, 1.54) is 16.9 Å². The van der Waals surface area contributed by atoms with Gasteiger partial charge in [-0.25, -0.2) is 9.48 Å². The van der Waals surface area contributed by atoms with Gasteiger partial charge in [0.1, 0.15) is 4.88 Å². The quantitative estimate of drug-likeness (QED) is 0.725. The van der Waals surface area contributed by atoms with Crippen molar-refractivity contribution in [3.63, 3.8) is 0 Å². The highest BCUT2D eigenvalue weighted by molar-refractivity contribution is 7.98. The Balaban J connectivity index is 1.64. The highest BCUT2D eigenvalue weighted by Crippen LogP contribution is 2.28. The van der Waals surface area contributed by atoms with Crippen molar-refractivity contribution >= 4 is 29.1 Å². The number of aromatic nitrogens is 2. The van der Waals surface area contributed by atoms with Gasteiger partial charge >= 0.3 is 5.97 Å². The maximum absolute atomic E-state index is 10.8. The summed E-state index contributed by atoms with van der Waals surface area (Å²) in [5.74, 6) is -0.0507. The van der Waals surface area contributed by atoms with Gasteiger partial charge in [-0.1, -0.05) is 12.1 Å². The first-order chi connectivity index (χ1) is 10.2. The first-order valence-electron chi connectivity index (χ1n) is 6.26. The van der Waals surface area contributed by atoms with Gasteiger partial charge in [-0.15, -0.1) is 23.1 Å². The minimum absolute atomic E-state index is 0.381. The molecule has 1 aromatic carbocycles. The second kappa shape index (κ2) is 6.15. The zero-order chi connectivity index (χ0) is 14.7. The smallest absolute Gasteiger partial charge is 0.345 e. The molecule has 0 saturated heterocycles. The van der Waals surface area contributed by atoms with E-state index in [1.54, 1.807) is 24.0 Å². The number of aromatic carboxylic acids is 1. The van der Waals surface area contributed by atoms with E-state index in [1.807, 2.05) is 34.5 Å². The Bertz CT molecular complexity index is 733. The fourth-order valence-corrected chi connectivity index (χ4v) is 3.66. The van der Waals surface area contributed by atoms with Gasteiger partial charge in [0.2, 0.25) is 0 Å². The molecule has 21 heavy (non-hydrogen) atoms. The molecule has 4 nitrogen and oxygen atoms in total. The molecule has 3 aromatic rings. The lowest BCUT2D eigenvalue weighted by Gasteiger charge is -2.03. The topological polar surface area (TPSA) is 55.1 Å². The number of hydrogen-bond acceptors (Lipinski definition) is 4. The Morgan fingerprint density at radius 1 is 1.33 bits per heavy atom. The lowest BCUT2D eigenvalue weighted by Crippen LogP contribution is -1.93. The van der Waals surface area contributed by atoms with E-state index in [0.717, 1.165) is 16.3 Å². The first kappa shape index (κ1) is 13.9. The lowest BCUT2D eigenvalue weighted by molar-refractivity contribution is 0.0702. The summed E-state index contributed by atoms with van der Waals surface area (Å²) in [6.07, 6.45) is 3.66. The fraction of sp³-hybridized carbons (Fsp3) is 0.0667. The lowest BCUT2D eigenvalue weighted by atomic mass is 10.2. The van der Waals surface area contributed by atoms with Crippen molar-refractivity contribution in [1.82, 2.24) is 9.78 Å². The largest absolute Gasteiger partial charge is 0.477 e. The summed E-state index contributed by atoms with van der Waals surface area (Å²) in [7, 11) is 0. The van der Waals surface area contributed by atoms with Crippen LogP contribution in [0.2, 0.25) is 0 Å². The number of carbonyl (C=O) groups is 1. The van der Waals surface area contributed by atoms with E-state index in [0.29, 0.717) is 4.88 Å². The van der Waals surface area contributed by atoms with E-state index in [2.05, 4.69) is 17.2 Å². The summed E-state index contributed by atoms with van der Waals surface area (Å²) in [5, 5.41) is 15.0. The Hall–Kier alpha value is -2.05. The zero-order valence-corrected chi connectivity index (χ0v) is 12.6. The van der Waals surface area contributed by atoms with Crippen molar-refractivity contribution in [2.75, 3.05) is 0 Å². The molecule has 0 amide bonds. The number of thioether (sulfide) groups is 1. The summed E-state index contributed by atoms with van der Waals surface area (Å²) in [6.45, 7) is 0. The van der Waals surface area contributed by atoms with Crippen LogP contribution < -0.4 is 0 Å². The van der Waals surface area contributed by atoms with E-state index in [-0.39, 0.29) is 0 Å². The molecule has 0 aliphatic rings. The monoisotopic (exact) mass is 316 g/mol. The molecule has 0 saturated carbocycles. The second-order valence-corrected chi connectivity index (χ2v) is 6.32. The molecule has 0 fully saturated rings. The molecular formula is C15H12N2O2S2. The van der Waals surface area contributed by atoms with Gasteiger partial charge in [-0.05, 0) is 29.8 Å². The summed E-state index contributed by atoms with van der Waals surface area (Å²) >= 11 is 2.90. The molecule has 0 aliphatic heterocycles. The van der Waals surface area contributed by atoms with Crippen LogP contribution in [0.1, 0.15) is 15.2 Å². The van der Waals surface area contributed by atoms with Gasteiger partial charge < -0.3 is 5.11 Å². The van der Waals surface area contributed by atoms with Gasteiger partial charge in [0, 0.05) is 28.4 Å². The van der Waals surface area contributed by atoms with Crippen molar-refractivity contribution in [2.45, 2.75) is 10.6 Å². The molecule has 106 valence electrons. The number of carboxylic acid groups (broad SMARTS) is 1. The van der Waals surface area contributed by atoms with Crippen LogP contribution >= 0.6 is 23.1 Å². The minimum atomic E-state index is -0.865. The minimum Gasteiger partial charge on any atom is -0.477 e. The highest BCUT2D eigenvalue weighted by Gasteiger charge is 2.07. The van der Waals surface area contributed by atoms with Crippen LogP contribution in [0.25, 0.3) is 5.69 Å². The number of nitrogens with zero attached hydrogens (tertiary/aromatic N) is 2. The molecule has 0 spiro atoms. The van der Waals surface area contributed by atoms with Crippen LogP contribution in [0.5, 0.6) is 0 Å². The van der Waals surface area contributed by atoms with Crippen LogP contribution in [-0.2, 0) is 5.75 Å². The van der Waals surface area contributed by atoms with Gasteiger partial charge in [0.05, 0.1) is 5.69 Å². The normalized spacial score (nSPS) is 10.7. The van der Waals surface area contributed by atoms with Gasteiger partial charge in [0.15, 0.2) is 0 Å². The third-order valence-corrected chi connectivity index (χ3v) is 5.01.